The van der Waals surface area contributed by atoms with Crippen LogP contribution in [0.15, 0.2) is 39.8 Å². The summed E-state index contributed by atoms with van der Waals surface area (Å²) in [7, 11) is 1.87. The standard InChI is InChI=1S/C11H10Br2N4/c1-14-11(9-6-15-2-3-16-9)10-8(13)4-7(12)5-17-10/h2-6,11,14H,1H3. The Morgan fingerprint density at radius 3 is 2.59 bits per heavy atom. The molecule has 88 valence electrons. The highest BCUT2D eigenvalue weighted by Crippen LogP contribution is 2.27. The molecule has 0 amide bonds. The van der Waals surface area contributed by atoms with Gasteiger partial charge in [-0.1, -0.05) is 0 Å². The zero-order chi connectivity index (χ0) is 12.3. The lowest BCUT2D eigenvalue weighted by Gasteiger charge is -2.16. The molecule has 0 aliphatic rings. The lowest BCUT2D eigenvalue weighted by molar-refractivity contribution is 0.644. The molecule has 1 unspecified atom stereocenters. The quantitative estimate of drug-likeness (QED) is 0.917. The van der Waals surface area contributed by atoms with Crippen molar-refractivity contribution in [3.05, 3.63) is 51.2 Å². The van der Waals surface area contributed by atoms with Crippen LogP contribution in [-0.4, -0.2) is 22.0 Å². The minimum atomic E-state index is -0.0776. The normalized spacial score (nSPS) is 12.4. The molecule has 0 saturated heterocycles. The average Bonchev–Trinajstić information content (AvgIpc) is 2.34. The monoisotopic (exact) mass is 356 g/mol. The highest BCUT2D eigenvalue weighted by Gasteiger charge is 2.17. The van der Waals surface area contributed by atoms with Crippen molar-refractivity contribution >= 4 is 31.9 Å². The molecule has 4 nitrogen and oxygen atoms in total. The van der Waals surface area contributed by atoms with Gasteiger partial charge in [-0.15, -0.1) is 0 Å². The number of hydrogen-bond acceptors (Lipinski definition) is 4. The van der Waals surface area contributed by atoms with E-state index in [1.165, 1.54) is 0 Å². The van der Waals surface area contributed by atoms with Gasteiger partial charge in [0.1, 0.15) is 0 Å². The third-order valence-electron chi connectivity index (χ3n) is 2.28. The molecule has 6 heteroatoms. The molecule has 0 aliphatic heterocycles. The van der Waals surface area contributed by atoms with Crippen molar-refractivity contribution in [3.63, 3.8) is 0 Å². The Morgan fingerprint density at radius 2 is 2.00 bits per heavy atom. The SMILES string of the molecule is CNC(c1cnccn1)c1ncc(Br)cc1Br. The molecule has 2 rings (SSSR count). The number of hydrogen-bond donors (Lipinski definition) is 1. The second-order valence-corrected chi connectivity index (χ2v) is 5.14. The summed E-state index contributed by atoms with van der Waals surface area (Å²) in [5.41, 5.74) is 1.72. The predicted molar refractivity (Wildman–Crippen MR) is 72.6 cm³/mol. The molecule has 0 saturated carbocycles. The van der Waals surface area contributed by atoms with Crippen molar-refractivity contribution in [1.29, 1.82) is 0 Å². The molecule has 1 atom stereocenters. The summed E-state index contributed by atoms with van der Waals surface area (Å²) in [6.45, 7) is 0. The number of rotatable bonds is 3. The Bertz CT molecular complexity index is 504. The van der Waals surface area contributed by atoms with Crippen LogP contribution in [0.4, 0.5) is 0 Å². The van der Waals surface area contributed by atoms with Gasteiger partial charge in [-0.05, 0) is 45.0 Å². The Labute approximate surface area is 116 Å². The summed E-state index contributed by atoms with van der Waals surface area (Å²) in [6, 6.07) is 1.88. The Hall–Kier alpha value is -0.850. The third kappa shape index (κ3) is 2.88. The van der Waals surface area contributed by atoms with E-state index in [1.54, 1.807) is 24.8 Å². The van der Waals surface area contributed by atoms with Gasteiger partial charge in [-0.3, -0.25) is 15.0 Å². The first-order valence-corrected chi connectivity index (χ1v) is 6.55. The molecule has 17 heavy (non-hydrogen) atoms. The van der Waals surface area contributed by atoms with Crippen LogP contribution in [0.5, 0.6) is 0 Å². The zero-order valence-electron chi connectivity index (χ0n) is 9.06. The van der Waals surface area contributed by atoms with Crippen LogP contribution in [0.1, 0.15) is 17.4 Å². The fraction of sp³-hybridized carbons (Fsp3) is 0.182. The maximum absolute atomic E-state index is 4.40. The van der Waals surface area contributed by atoms with Crippen molar-refractivity contribution in [1.82, 2.24) is 20.3 Å². The number of halogens is 2. The van der Waals surface area contributed by atoms with Crippen LogP contribution in [0.2, 0.25) is 0 Å². The van der Waals surface area contributed by atoms with Crippen molar-refractivity contribution in [2.45, 2.75) is 6.04 Å². The highest BCUT2D eigenvalue weighted by molar-refractivity contribution is 9.11. The van der Waals surface area contributed by atoms with E-state index in [0.29, 0.717) is 0 Å². The van der Waals surface area contributed by atoms with Gasteiger partial charge in [-0.25, -0.2) is 0 Å². The van der Waals surface area contributed by atoms with Gasteiger partial charge in [0.05, 0.1) is 23.6 Å². The third-order valence-corrected chi connectivity index (χ3v) is 3.35. The van der Waals surface area contributed by atoms with Gasteiger partial charge in [0.15, 0.2) is 0 Å². The molecule has 0 aliphatic carbocycles. The second-order valence-electron chi connectivity index (χ2n) is 3.37. The topological polar surface area (TPSA) is 50.7 Å². The minimum absolute atomic E-state index is 0.0776. The maximum Gasteiger partial charge on any atom is 0.0949 e. The first-order chi connectivity index (χ1) is 8.22. The van der Waals surface area contributed by atoms with Crippen LogP contribution >= 0.6 is 31.9 Å². The summed E-state index contributed by atoms with van der Waals surface area (Å²) in [4.78, 5) is 12.8. The van der Waals surface area contributed by atoms with Gasteiger partial charge in [-0.2, -0.15) is 0 Å². The average molecular weight is 358 g/mol. The smallest absolute Gasteiger partial charge is 0.0949 e. The Morgan fingerprint density at radius 1 is 1.18 bits per heavy atom. The van der Waals surface area contributed by atoms with E-state index in [1.807, 2.05) is 13.1 Å². The summed E-state index contributed by atoms with van der Waals surface area (Å²) in [5, 5.41) is 3.18. The van der Waals surface area contributed by atoms with E-state index in [4.69, 9.17) is 0 Å². The van der Waals surface area contributed by atoms with Crippen molar-refractivity contribution in [3.8, 4) is 0 Å². The van der Waals surface area contributed by atoms with E-state index in [0.717, 1.165) is 20.3 Å². The number of nitrogens with zero attached hydrogens (tertiary/aromatic N) is 3. The maximum atomic E-state index is 4.40. The van der Waals surface area contributed by atoms with Crippen LogP contribution in [0.3, 0.4) is 0 Å². The molecule has 0 spiro atoms. The lowest BCUT2D eigenvalue weighted by atomic mass is 10.1. The fourth-order valence-electron chi connectivity index (χ4n) is 1.52. The molecule has 0 radical (unpaired) electrons. The Balaban J connectivity index is 2.42. The van der Waals surface area contributed by atoms with Crippen LogP contribution in [0.25, 0.3) is 0 Å². The summed E-state index contributed by atoms with van der Waals surface area (Å²) in [6.07, 6.45) is 6.82. The van der Waals surface area contributed by atoms with Crippen molar-refractivity contribution in [2.24, 2.45) is 0 Å². The van der Waals surface area contributed by atoms with Gasteiger partial charge in [0.25, 0.3) is 0 Å². The van der Waals surface area contributed by atoms with E-state index < -0.39 is 0 Å². The summed E-state index contributed by atoms with van der Waals surface area (Å²) >= 11 is 6.89. The van der Waals surface area contributed by atoms with Gasteiger partial charge in [0, 0.05) is 27.5 Å². The van der Waals surface area contributed by atoms with Crippen molar-refractivity contribution in [2.75, 3.05) is 7.05 Å². The molecule has 0 aromatic carbocycles. The predicted octanol–water partition coefficient (Wildman–Crippen LogP) is 2.71. The van der Waals surface area contributed by atoms with E-state index >= 15 is 0 Å². The highest BCUT2D eigenvalue weighted by atomic mass is 79.9. The fourth-order valence-corrected chi connectivity index (χ4v) is 2.74. The molecular formula is C11H10Br2N4. The van der Waals surface area contributed by atoms with Gasteiger partial charge in [0.2, 0.25) is 0 Å². The minimum Gasteiger partial charge on any atom is -0.307 e. The van der Waals surface area contributed by atoms with Gasteiger partial charge >= 0.3 is 0 Å². The molecule has 0 fully saturated rings. The lowest BCUT2D eigenvalue weighted by Crippen LogP contribution is -2.20. The van der Waals surface area contributed by atoms with Crippen LogP contribution in [-0.2, 0) is 0 Å². The Kier molecular flexibility index (Phi) is 4.20. The molecule has 2 heterocycles. The largest absolute Gasteiger partial charge is 0.307 e. The summed E-state index contributed by atoms with van der Waals surface area (Å²) in [5.74, 6) is 0. The van der Waals surface area contributed by atoms with Crippen LogP contribution in [0, 0.1) is 0 Å². The molecule has 1 N–H and O–H groups in total. The zero-order valence-corrected chi connectivity index (χ0v) is 12.2. The number of nitrogens with one attached hydrogen (secondary N) is 1. The van der Waals surface area contributed by atoms with E-state index in [-0.39, 0.29) is 6.04 Å². The summed E-state index contributed by atoms with van der Waals surface area (Å²) < 4.78 is 1.86. The first-order valence-electron chi connectivity index (χ1n) is 4.96. The molecular weight excluding hydrogens is 348 g/mol. The van der Waals surface area contributed by atoms with E-state index in [9.17, 15) is 0 Å². The van der Waals surface area contributed by atoms with Gasteiger partial charge < -0.3 is 5.32 Å². The number of pyridine rings is 1. The van der Waals surface area contributed by atoms with Crippen molar-refractivity contribution < 1.29 is 0 Å². The number of aromatic nitrogens is 3. The van der Waals surface area contributed by atoms with E-state index in [2.05, 4.69) is 52.1 Å². The van der Waals surface area contributed by atoms with Crippen LogP contribution < -0.4 is 5.32 Å². The molecule has 2 aromatic rings. The molecule has 2 aromatic heterocycles. The second kappa shape index (κ2) is 5.66. The first kappa shape index (κ1) is 12.6. The molecule has 0 bridgehead atoms.